The quantitative estimate of drug-likeness (QED) is 0.212. The number of aliphatic hydroxyl groups is 2. The van der Waals surface area contributed by atoms with E-state index in [-0.39, 0.29) is 19.3 Å². The predicted octanol–water partition coefficient (Wildman–Crippen LogP) is -1.75. The van der Waals surface area contributed by atoms with Gasteiger partial charge in [-0.15, -0.1) is 0 Å². The lowest BCUT2D eigenvalue weighted by Crippen LogP contribution is -2.55. The number of carbonyl (C=O) groups excluding carboxylic acids is 1. The van der Waals surface area contributed by atoms with E-state index in [1.165, 1.54) is 0 Å². The Balaban J connectivity index is 2.41. The Bertz CT molecular complexity index is 253. The van der Waals surface area contributed by atoms with Gasteiger partial charge in [-0.2, -0.15) is 0 Å². The van der Waals surface area contributed by atoms with Crippen LogP contribution in [0.3, 0.4) is 0 Å². The van der Waals surface area contributed by atoms with E-state index in [4.69, 9.17) is 10.5 Å². The van der Waals surface area contributed by atoms with Crippen LogP contribution in [-0.2, 0) is 4.74 Å². The van der Waals surface area contributed by atoms with Gasteiger partial charge >= 0.3 is 6.03 Å². The van der Waals surface area contributed by atoms with Crippen LogP contribution in [0.5, 0.6) is 0 Å². The highest BCUT2D eigenvalue weighted by molar-refractivity contribution is 5.71. The molecule has 1 fully saturated rings. The first-order chi connectivity index (χ1) is 8.62. The van der Waals surface area contributed by atoms with Crippen molar-refractivity contribution in [1.29, 1.82) is 0 Å². The first-order valence-electron chi connectivity index (χ1n) is 6.33. The minimum absolute atomic E-state index is 0.0793. The molecule has 106 valence electrons. The Hall–Kier alpha value is -0.890. The lowest BCUT2D eigenvalue weighted by atomic mass is 10.2. The van der Waals surface area contributed by atoms with E-state index in [2.05, 4.69) is 5.32 Å². The predicted molar refractivity (Wildman–Crippen MR) is 65.8 cm³/mol. The van der Waals surface area contributed by atoms with Crippen molar-refractivity contribution >= 4 is 6.03 Å². The number of amides is 2. The van der Waals surface area contributed by atoms with Crippen LogP contribution in [0.25, 0.3) is 0 Å². The SMILES string of the molecule is NC(=O)NCCC[N+](CCO)(CCO)CC1CO1. The van der Waals surface area contributed by atoms with Crippen LogP contribution < -0.4 is 11.1 Å². The van der Waals surface area contributed by atoms with Crippen LogP contribution in [0.15, 0.2) is 0 Å². The summed E-state index contributed by atoms with van der Waals surface area (Å²) in [5.74, 6) is 0. The number of carbonyl (C=O) groups is 1. The third kappa shape index (κ3) is 5.63. The van der Waals surface area contributed by atoms with Crippen LogP contribution in [0.4, 0.5) is 4.79 Å². The van der Waals surface area contributed by atoms with Crippen molar-refractivity contribution in [3.63, 3.8) is 0 Å². The number of rotatable bonds is 10. The van der Waals surface area contributed by atoms with Crippen molar-refractivity contribution in [3.8, 4) is 0 Å². The van der Waals surface area contributed by atoms with Gasteiger partial charge in [-0.3, -0.25) is 0 Å². The molecule has 0 bridgehead atoms. The lowest BCUT2D eigenvalue weighted by molar-refractivity contribution is -0.929. The zero-order chi connectivity index (χ0) is 13.4. The van der Waals surface area contributed by atoms with Gasteiger partial charge in [0.2, 0.25) is 0 Å². The summed E-state index contributed by atoms with van der Waals surface area (Å²) in [5.41, 5.74) is 5.00. The Morgan fingerprint density at radius 2 is 1.94 bits per heavy atom. The molecule has 0 aromatic heterocycles. The molecule has 0 spiro atoms. The molecular weight excluding hydrogens is 238 g/mol. The van der Waals surface area contributed by atoms with E-state index in [1.54, 1.807) is 0 Å². The number of nitrogens with zero attached hydrogens (tertiary/aromatic N) is 1. The molecule has 1 atom stereocenters. The molecule has 0 aliphatic carbocycles. The number of epoxide rings is 1. The average molecular weight is 262 g/mol. The van der Waals surface area contributed by atoms with Crippen molar-refractivity contribution in [2.45, 2.75) is 12.5 Å². The number of primary amides is 1. The minimum atomic E-state index is -0.525. The van der Waals surface area contributed by atoms with Crippen molar-refractivity contribution in [2.75, 3.05) is 52.5 Å². The smallest absolute Gasteiger partial charge is 0.312 e. The summed E-state index contributed by atoms with van der Waals surface area (Å²) in [6, 6.07) is -0.525. The molecule has 1 aliphatic heterocycles. The molecule has 1 unspecified atom stereocenters. The van der Waals surface area contributed by atoms with Gasteiger partial charge in [0.05, 0.1) is 26.4 Å². The Labute approximate surface area is 107 Å². The van der Waals surface area contributed by atoms with Crippen LogP contribution in [0.1, 0.15) is 6.42 Å². The first kappa shape index (κ1) is 15.2. The number of quaternary nitrogens is 1. The van der Waals surface area contributed by atoms with E-state index in [1.807, 2.05) is 0 Å². The van der Waals surface area contributed by atoms with E-state index >= 15 is 0 Å². The van der Waals surface area contributed by atoms with Gasteiger partial charge in [0, 0.05) is 13.0 Å². The number of hydrogen-bond donors (Lipinski definition) is 4. The minimum Gasteiger partial charge on any atom is -0.391 e. The van der Waals surface area contributed by atoms with E-state index in [0.29, 0.717) is 24.1 Å². The lowest BCUT2D eigenvalue weighted by Gasteiger charge is -2.37. The van der Waals surface area contributed by atoms with Crippen LogP contribution >= 0.6 is 0 Å². The number of nitrogens with one attached hydrogen (secondary N) is 1. The molecule has 1 heterocycles. The molecule has 0 radical (unpaired) electrons. The monoisotopic (exact) mass is 262 g/mol. The highest BCUT2D eigenvalue weighted by Crippen LogP contribution is 2.18. The zero-order valence-corrected chi connectivity index (χ0v) is 10.7. The fourth-order valence-corrected chi connectivity index (χ4v) is 2.27. The maximum Gasteiger partial charge on any atom is 0.312 e. The summed E-state index contributed by atoms with van der Waals surface area (Å²) < 4.78 is 5.86. The van der Waals surface area contributed by atoms with Gasteiger partial charge in [-0.1, -0.05) is 0 Å². The van der Waals surface area contributed by atoms with Crippen LogP contribution in [-0.4, -0.2) is 79.4 Å². The van der Waals surface area contributed by atoms with Gasteiger partial charge in [-0.25, -0.2) is 4.79 Å². The maximum absolute atomic E-state index is 10.6. The fourth-order valence-electron chi connectivity index (χ4n) is 2.27. The van der Waals surface area contributed by atoms with E-state index < -0.39 is 6.03 Å². The van der Waals surface area contributed by atoms with Crippen LogP contribution in [0.2, 0.25) is 0 Å². The Kier molecular flexibility index (Phi) is 6.34. The third-order valence-electron chi connectivity index (χ3n) is 3.25. The first-order valence-corrected chi connectivity index (χ1v) is 6.33. The Morgan fingerprint density at radius 1 is 1.33 bits per heavy atom. The number of hydrogen-bond acceptors (Lipinski definition) is 4. The molecule has 7 heteroatoms. The van der Waals surface area contributed by atoms with Crippen LogP contribution in [0, 0.1) is 0 Å². The second-order valence-corrected chi connectivity index (χ2v) is 4.74. The molecule has 5 N–H and O–H groups in total. The van der Waals surface area contributed by atoms with Gasteiger partial charge in [0.15, 0.2) is 0 Å². The molecule has 1 aliphatic rings. The highest BCUT2D eigenvalue weighted by Gasteiger charge is 2.36. The molecule has 0 aromatic rings. The summed E-state index contributed by atoms with van der Waals surface area (Å²) in [6.07, 6.45) is 1.00. The van der Waals surface area contributed by atoms with E-state index in [9.17, 15) is 15.0 Å². The highest BCUT2D eigenvalue weighted by atomic mass is 16.6. The second kappa shape index (κ2) is 7.52. The molecule has 0 aromatic carbocycles. The van der Waals surface area contributed by atoms with Gasteiger partial charge in [-0.05, 0) is 0 Å². The molecule has 0 saturated carbocycles. The standard InChI is InChI=1S/C11H23N3O4/c12-11(17)13-2-1-3-14(4-6-15,5-7-16)8-10-9-18-10/h10,15-16H,1-9H2,(H2-,12,13,17)/p+1. The number of urea groups is 1. The maximum atomic E-state index is 10.6. The topological polar surface area (TPSA) is 108 Å². The van der Waals surface area contributed by atoms with Crippen molar-refractivity contribution in [3.05, 3.63) is 0 Å². The molecular formula is C11H24N3O4+. The number of nitrogens with two attached hydrogens (primary N) is 1. The summed E-state index contributed by atoms with van der Waals surface area (Å²) in [5, 5.41) is 20.9. The normalized spacial score (nSPS) is 18.7. The number of aliphatic hydroxyl groups excluding tert-OH is 2. The third-order valence-corrected chi connectivity index (χ3v) is 3.25. The Morgan fingerprint density at radius 3 is 2.39 bits per heavy atom. The summed E-state index contributed by atoms with van der Waals surface area (Å²) in [7, 11) is 0. The molecule has 7 nitrogen and oxygen atoms in total. The summed E-state index contributed by atoms with van der Waals surface area (Å²) in [6.45, 7) is 4.20. The summed E-state index contributed by atoms with van der Waals surface area (Å²) in [4.78, 5) is 10.6. The summed E-state index contributed by atoms with van der Waals surface area (Å²) >= 11 is 0. The van der Waals surface area contributed by atoms with Gasteiger partial charge in [0.25, 0.3) is 0 Å². The zero-order valence-electron chi connectivity index (χ0n) is 10.7. The second-order valence-electron chi connectivity index (χ2n) is 4.74. The largest absolute Gasteiger partial charge is 0.391 e. The molecule has 1 rings (SSSR count). The van der Waals surface area contributed by atoms with Gasteiger partial charge in [0.1, 0.15) is 25.7 Å². The molecule has 18 heavy (non-hydrogen) atoms. The molecule has 1 saturated heterocycles. The van der Waals surface area contributed by atoms with Crippen molar-refractivity contribution < 1.29 is 24.2 Å². The van der Waals surface area contributed by atoms with Crippen molar-refractivity contribution in [2.24, 2.45) is 5.73 Å². The fraction of sp³-hybridized carbons (Fsp3) is 0.909. The molecule has 2 amide bonds. The average Bonchev–Trinajstić information content (AvgIpc) is 3.09. The van der Waals surface area contributed by atoms with E-state index in [0.717, 1.165) is 26.1 Å². The number of ether oxygens (including phenoxy) is 1. The van der Waals surface area contributed by atoms with Crippen molar-refractivity contribution in [1.82, 2.24) is 5.32 Å². The van der Waals surface area contributed by atoms with Gasteiger partial charge < -0.3 is 30.5 Å².